The lowest BCUT2D eigenvalue weighted by atomic mass is 10.0. The minimum Gasteiger partial charge on any atom is -0.370 e. The minimum atomic E-state index is -0.177. The van der Waals surface area contributed by atoms with E-state index in [1.807, 2.05) is 31.2 Å². The van der Waals surface area contributed by atoms with E-state index >= 15 is 0 Å². The summed E-state index contributed by atoms with van der Waals surface area (Å²) in [6, 6.07) is 7.78. The molecular formula is C16H23NO2. The number of carbonyl (C=O) groups excluding carboxylic acids is 1. The predicted octanol–water partition coefficient (Wildman–Crippen LogP) is 2.68. The van der Waals surface area contributed by atoms with Gasteiger partial charge in [0.2, 0.25) is 0 Å². The Kier molecular flexibility index (Phi) is 4.07. The van der Waals surface area contributed by atoms with Gasteiger partial charge in [0.05, 0.1) is 18.2 Å². The first-order valence-corrected chi connectivity index (χ1v) is 6.86. The Morgan fingerprint density at radius 2 is 2.11 bits per heavy atom. The van der Waals surface area contributed by atoms with E-state index in [9.17, 15) is 4.79 Å². The van der Waals surface area contributed by atoms with Gasteiger partial charge in [-0.1, -0.05) is 24.3 Å². The van der Waals surface area contributed by atoms with Gasteiger partial charge in [-0.05, 0) is 33.3 Å². The number of nitrogens with zero attached hydrogens (tertiary/aromatic N) is 1. The smallest absolute Gasteiger partial charge is 0.177 e. The summed E-state index contributed by atoms with van der Waals surface area (Å²) in [4.78, 5) is 14.6. The van der Waals surface area contributed by atoms with Gasteiger partial charge >= 0.3 is 0 Å². The van der Waals surface area contributed by atoms with Gasteiger partial charge in [-0.2, -0.15) is 0 Å². The number of hydrogen-bond acceptors (Lipinski definition) is 3. The first-order chi connectivity index (χ1) is 8.87. The molecule has 3 heteroatoms. The van der Waals surface area contributed by atoms with E-state index < -0.39 is 0 Å². The molecule has 1 unspecified atom stereocenters. The summed E-state index contributed by atoms with van der Waals surface area (Å²) in [6.45, 7) is 10.3. The third kappa shape index (κ3) is 3.64. The second-order valence-electron chi connectivity index (χ2n) is 6.10. The van der Waals surface area contributed by atoms with Crippen molar-refractivity contribution in [1.82, 2.24) is 4.90 Å². The van der Waals surface area contributed by atoms with Crippen molar-refractivity contribution in [2.24, 2.45) is 0 Å². The van der Waals surface area contributed by atoms with Crippen LogP contribution in [-0.2, 0) is 4.74 Å². The number of morpholine rings is 1. The summed E-state index contributed by atoms with van der Waals surface area (Å²) in [5.74, 6) is 0.197. The van der Waals surface area contributed by atoms with Gasteiger partial charge in [-0.15, -0.1) is 0 Å². The van der Waals surface area contributed by atoms with E-state index in [1.165, 1.54) is 0 Å². The van der Waals surface area contributed by atoms with Gasteiger partial charge in [0.1, 0.15) is 0 Å². The molecule has 1 aromatic carbocycles. The number of aryl methyl sites for hydroxylation is 1. The highest BCUT2D eigenvalue weighted by molar-refractivity contribution is 5.98. The fraction of sp³-hybridized carbons (Fsp3) is 0.562. The number of ether oxygens (including phenoxy) is 1. The van der Waals surface area contributed by atoms with Gasteiger partial charge in [0.25, 0.3) is 0 Å². The Bertz CT molecular complexity index is 468. The molecule has 0 aromatic heterocycles. The van der Waals surface area contributed by atoms with Crippen LogP contribution in [0.15, 0.2) is 24.3 Å². The van der Waals surface area contributed by atoms with Gasteiger partial charge in [-0.3, -0.25) is 9.69 Å². The monoisotopic (exact) mass is 261 g/mol. The largest absolute Gasteiger partial charge is 0.370 e. The predicted molar refractivity (Wildman–Crippen MR) is 76.6 cm³/mol. The lowest BCUT2D eigenvalue weighted by Crippen LogP contribution is -2.53. The molecule has 1 heterocycles. The van der Waals surface area contributed by atoms with Crippen molar-refractivity contribution in [3.05, 3.63) is 35.4 Å². The molecule has 0 radical (unpaired) electrons. The van der Waals surface area contributed by atoms with Crippen LogP contribution >= 0.6 is 0 Å². The number of Topliss-reactive ketones (excluding diaryl/α,β-unsaturated/α-hetero) is 1. The van der Waals surface area contributed by atoms with E-state index in [1.54, 1.807) is 0 Å². The van der Waals surface area contributed by atoms with Gasteiger partial charge in [-0.25, -0.2) is 0 Å². The standard InChI is InChI=1S/C16H23NO2/c1-12-7-5-6-8-14(12)15(18)10-17-9-13(2)19-16(3,4)11-17/h5-8,13H,9-11H2,1-4H3. The second kappa shape index (κ2) is 5.43. The molecule has 0 amide bonds. The summed E-state index contributed by atoms with van der Waals surface area (Å²) >= 11 is 0. The number of ketones is 1. The van der Waals surface area contributed by atoms with Crippen molar-refractivity contribution >= 4 is 5.78 Å². The molecule has 3 nitrogen and oxygen atoms in total. The van der Waals surface area contributed by atoms with Crippen LogP contribution in [0.2, 0.25) is 0 Å². The number of hydrogen-bond donors (Lipinski definition) is 0. The SMILES string of the molecule is Cc1ccccc1C(=O)CN1CC(C)OC(C)(C)C1. The Morgan fingerprint density at radius 3 is 2.74 bits per heavy atom. The average molecular weight is 261 g/mol. The summed E-state index contributed by atoms with van der Waals surface area (Å²) in [6.07, 6.45) is 0.174. The molecule has 104 valence electrons. The Hall–Kier alpha value is -1.19. The van der Waals surface area contributed by atoms with E-state index in [0.29, 0.717) is 6.54 Å². The average Bonchev–Trinajstić information content (AvgIpc) is 2.26. The molecule has 1 saturated heterocycles. The zero-order chi connectivity index (χ0) is 14.0. The molecule has 0 saturated carbocycles. The van der Waals surface area contributed by atoms with Gasteiger partial charge < -0.3 is 4.74 Å². The Labute approximate surface area is 115 Å². The maximum Gasteiger partial charge on any atom is 0.177 e. The number of carbonyl (C=O) groups is 1. The molecule has 0 aliphatic carbocycles. The van der Waals surface area contributed by atoms with Crippen LogP contribution in [0.5, 0.6) is 0 Å². The summed E-state index contributed by atoms with van der Waals surface area (Å²) in [5, 5.41) is 0. The van der Waals surface area contributed by atoms with Gasteiger partial charge in [0.15, 0.2) is 5.78 Å². The zero-order valence-corrected chi connectivity index (χ0v) is 12.3. The van der Waals surface area contributed by atoms with Crippen molar-refractivity contribution < 1.29 is 9.53 Å². The molecule has 1 aliphatic heterocycles. The zero-order valence-electron chi connectivity index (χ0n) is 12.3. The summed E-state index contributed by atoms with van der Waals surface area (Å²) < 4.78 is 5.86. The van der Waals surface area contributed by atoms with E-state index in [4.69, 9.17) is 4.74 Å². The highest BCUT2D eigenvalue weighted by Gasteiger charge is 2.32. The number of benzene rings is 1. The van der Waals surface area contributed by atoms with Crippen molar-refractivity contribution in [2.75, 3.05) is 19.6 Å². The molecule has 1 aliphatic rings. The fourth-order valence-electron chi connectivity index (χ4n) is 2.88. The van der Waals surface area contributed by atoms with Crippen molar-refractivity contribution in [2.45, 2.75) is 39.4 Å². The van der Waals surface area contributed by atoms with Crippen molar-refractivity contribution in [3.63, 3.8) is 0 Å². The van der Waals surface area contributed by atoms with Crippen LogP contribution in [0.1, 0.15) is 36.7 Å². The molecule has 0 spiro atoms. The molecule has 1 aromatic rings. The van der Waals surface area contributed by atoms with Crippen LogP contribution in [-0.4, -0.2) is 42.0 Å². The minimum absolute atomic E-state index is 0.174. The Morgan fingerprint density at radius 1 is 1.42 bits per heavy atom. The van der Waals surface area contributed by atoms with Crippen LogP contribution < -0.4 is 0 Å². The Balaban J connectivity index is 2.05. The highest BCUT2D eigenvalue weighted by atomic mass is 16.5. The number of rotatable bonds is 3. The van der Waals surface area contributed by atoms with Crippen LogP contribution in [0, 0.1) is 6.92 Å². The molecule has 0 N–H and O–H groups in total. The van der Waals surface area contributed by atoms with E-state index in [-0.39, 0.29) is 17.5 Å². The van der Waals surface area contributed by atoms with Gasteiger partial charge in [0, 0.05) is 18.7 Å². The van der Waals surface area contributed by atoms with Crippen LogP contribution in [0.3, 0.4) is 0 Å². The first-order valence-electron chi connectivity index (χ1n) is 6.86. The second-order valence-corrected chi connectivity index (χ2v) is 6.10. The van der Waals surface area contributed by atoms with Crippen LogP contribution in [0.25, 0.3) is 0 Å². The first kappa shape index (κ1) is 14.2. The molecule has 19 heavy (non-hydrogen) atoms. The van der Waals surface area contributed by atoms with Crippen molar-refractivity contribution in [3.8, 4) is 0 Å². The fourth-order valence-corrected chi connectivity index (χ4v) is 2.88. The lowest BCUT2D eigenvalue weighted by molar-refractivity contribution is -0.126. The third-order valence-corrected chi connectivity index (χ3v) is 3.45. The van der Waals surface area contributed by atoms with Crippen molar-refractivity contribution in [1.29, 1.82) is 0 Å². The maximum absolute atomic E-state index is 12.4. The molecule has 2 rings (SSSR count). The molecule has 1 atom stereocenters. The quantitative estimate of drug-likeness (QED) is 0.783. The highest BCUT2D eigenvalue weighted by Crippen LogP contribution is 2.21. The van der Waals surface area contributed by atoms with E-state index in [0.717, 1.165) is 24.2 Å². The topological polar surface area (TPSA) is 29.5 Å². The summed E-state index contributed by atoms with van der Waals surface area (Å²) in [7, 11) is 0. The van der Waals surface area contributed by atoms with E-state index in [2.05, 4.69) is 25.7 Å². The lowest BCUT2D eigenvalue weighted by Gasteiger charge is -2.41. The summed E-state index contributed by atoms with van der Waals surface area (Å²) in [5.41, 5.74) is 1.71. The normalized spacial score (nSPS) is 23.3. The molecular weight excluding hydrogens is 238 g/mol. The molecule has 1 fully saturated rings. The third-order valence-electron chi connectivity index (χ3n) is 3.45. The molecule has 0 bridgehead atoms. The maximum atomic E-state index is 12.4. The van der Waals surface area contributed by atoms with Crippen LogP contribution in [0.4, 0.5) is 0 Å².